The molecular weight excluding hydrogens is 305 g/mol. The number of nitrogens with one attached hydrogen (secondary N) is 1. The Bertz CT molecular complexity index is 427. The van der Waals surface area contributed by atoms with Crippen LogP contribution in [0.1, 0.15) is 44.6 Å². The van der Waals surface area contributed by atoms with Gasteiger partial charge in [0.1, 0.15) is 5.82 Å². The summed E-state index contributed by atoms with van der Waals surface area (Å²) in [5.41, 5.74) is 1.56. The van der Waals surface area contributed by atoms with Crippen molar-refractivity contribution in [3.63, 3.8) is 0 Å². The number of likely N-dealkylation sites (N-methyl/N-ethyl adjacent to an activating group) is 1. The fraction of sp³-hybridized carbons (Fsp3) is 0.625. The third kappa shape index (κ3) is 3.57. The van der Waals surface area contributed by atoms with E-state index >= 15 is 0 Å². The topological polar surface area (TPSA) is 12.0 Å². The lowest BCUT2D eigenvalue weighted by Crippen LogP contribution is -2.44. The van der Waals surface area contributed by atoms with E-state index in [0.717, 1.165) is 6.42 Å². The predicted molar refractivity (Wildman–Crippen MR) is 81.8 cm³/mol. The fourth-order valence-corrected chi connectivity index (χ4v) is 3.73. The van der Waals surface area contributed by atoms with Gasteiger partial charge in [-0.05, 0) is 65.4 Å². The molecule has 0 aliphatic heterocycles. The Morgan fingerprint density at radius 3 is 2.58 bits per heavy atom. The van der Waals surface area contributed by atoms with E-state index in [2.05, 4.69) is 28.2 Å². The summed E-state index contributed by atoms with van der Waals surface area (Å²) in [6, 6.07) is 5.82. The van der Waals surface area contributed by atoms with Gasteiger partial charge in [-0.1, -0.05) is 32.3 Å². The summed E-state index contributed by atoms with van der Waals surface area (Å²) < 4.78 is 13.8. The van der Waals surface area contributed by atoms with Crippen molar-refractivity contribution >= 4 is 15.9 Å². The molecule has 1 nitrogen and oxygen atoms in total. The number of halogens is 2. The number of hydrogen-bond donors (Lipinski definition) is 1. The van der Waals surface area contributed by atoms with E-state index in [-0.39, 0.29) is 5.82 Å². The summed E-state index contributed by atoms with van der Waals surface area (Å²) in [4.78, 5) is 0. The molecule has 3 heteroatoms. The largest absolute Gasteiger partial charge is 0.316 e. The van der Waals surface area contributed by atoms with Gasteiger partial charge in [-0.2, -0.15) is 0 Å². The van der Waals surface area contributed by atoms with Crippen molar-refractivity contribution in [2.75, 3.05) is 7.05 Å². The molecule has 0 heterocycles. The van der Waals surface area contributed by atoms with Crippen molar-refractivity contribution in [1.82, 2.24) is 5.32 Å². The summed E-state index contributed by atoms with van der Waals surface area (Å²) in [6.45, 7) is 2.39. The van der Waals surface area contributed by atoms with E-state index in [0.29, 0.717) is 15.9 Å². The lowest BCUT2D eigenvalue weighted by molar-refractivity contribution is 0.149. The third-order valence-corrected chi connectivity index (χ3v) is 5.22. The van der Waals surface area contributed by atoms with Crippen LogP contribution < -0.4 is 5.32 Å². The average Bonchev–Trinajstić information content (AvgIpc) is 2.40. The summed E-state index contributed by atoms with van der Waals surface area (Å²) in [7, 11) is 2.04. The van der Waals surface area contributed by atoms with Gasteiger partial charge < -0.3 is 5.32 Å². The Morgan fingerprint density at radius 2 is 2.00 bits per heavy atom. The second-order valence-corrected chi connectivity index (χ2v) is 6.86. The SMILES string of the molecule is CNC(Cc1ccc(F)c(Br)c1)C1(C)CCCCC1. The lowest BCUT2D eigenvalue weighted by Gasteiger charge is -2.41. The van der Waals surface area contributed by atoms with E-state index < -0.39 is 0 Å². The van der Waals surface area contributed by atoms with Gasteiger partial charge in [0, 0.05) is 6.04 Å². The Labute approximate surface area is 124 Å². The molecular formula is C16H23BrFN. The summed E-state index contributed by atoms with van der Waals surface area (Å²) in [6.07, 6.45) is 7.59. The second-order valence-electron chi connectivity index (χ2n) is 6.01. The van der Waals surface area contributed by atoms with Gasteiger partial charge in [0.05, 0.1) is 4.47 Å². The molecule has 1 N–H and O–H groups in total. The molecule has 1 aliphatic rings. The molecule has 1 atom stereocenters. The van der Waals surface area contributed by atoms with Gasteiger partial charge in [-0.25, -0.2) is 4.39 Å². The minimum Gasteiger partial charge on any atom is -0.316 e. The zero-order valence-electron chi connectivity index (χ0n) is 11.8. The fourth-order valence-electron chi connectivity index (χ4n) is 3.31. The Kier molecular flexibility index (Phi) is 5.02. The minimum atomic E-state index is -0.186. The molecule has 1 aromatic rings. The van der Waals surface area contributed by atoms with Crippen molar-refractivity contribution in [2.24, 2.45) is 5.41 Å². The minimum absolute atomic E-state index is 0.186. The monoisotopic (exact) mass is 327 g/mol. The van der Waals surface area contributed by atoms with Crippen LogP contribution in [-0.2, 0) is 6.42 Å². The van der Waals surface area contributed by atoms with Crippen LogP contribution >= 0.6 is 15.9 Å². The van der Waals surface area contributed by atoms with Crippen molar-refractivity contribution < 1.29 is 4.39 Å². The smallest absolute Gasteiger partial charge is 0.137 e. The van der Waals surface area contributed by atoms with Gasteiger partial charge >= 0.3 is 0 Å². The second kappa shape index (κ2) is 6.36. The van der Waals surface area contributed by atoms with Crippen LogP contribution in [0.15, 0.2) is 22.7 Å². The molecule has 0 spiro atoms. The predicted octanol–water partition coefficient (Wildman–Crippen LogP) is 4.69. The maximum atomic E-state index is 13.3. The van der Waals surface area contributed by atoms with E-state index in [9.17, 15) is 4.39 Å². The average molecular weight is 328 g/mol. The Hall–Kier alpha value is -0.410. The van der Waals surface area contributed by atoms with E-state index in [1.54, 1.807) is 6.07 Å². The van der Waals surface area contributed by atoms with Crippen LogP contribution in [-0.4, -0.2) is 13.1 Å². The number of rotatable bonds is 4. The highest BCUT2D eigenvalue weighted by Gasteiger charge is 2.34. The molecule has 0 aromatic heterocycles. The Balaban J connectivity index is 2.11. The summed E-state index contributed by atoms with van der Waals surface area (Å²) >= 11 is 3.27. The highest BCUT2D eigenvalue weighted by Crippen LogP contribution is 2.39. The van der Waals surface area contributed by atoms with E-state index in [1.165, 1.54) is 37.7 Å². The molecule has 2 rings (SSSR count). The standard InChI is InChI=1S/C16H23BrFN/c1-16(8-4-3-5-9-16)15(19-2)11-12-6-7-14(18)13(17)10-12/h6-7,10,15,19H,3-5,8-9,11H2,1-2H3. The van der Waals surface area contributed by atoms with Crippen LogP contribution in [0.25, 0.3) is 0 Å². The summed E-state index contributed by atoms with van der Waals surface area (Å²) in [5.74, 6) is -0.186. The maximum Gasteiger partial charge on any atom is 0.137 e. The third-order valence-electron chi connectivity index (χ3n) is 4.61. The highest BCUT2D eigenvalue weighted by atomic mass is 79.9. The molecule has 1 unspecified atom stereocenters. The van der Waals surface area contributed by atoms with Crippen LogP contribution in [0.4, 0.5) is 4.39 Å². The van der Waals surface area contributed by atoms with Gasteiger partial charge in [0.25, 0.3) is 0 Å². The van der Waals surface area contributed by atoms with Crippen molar-refractivity contribution in [1.29, 1.82) is 0 Å². The summed E-state index contributed by atoms with van der Waals surface area (Å²) in [5, 5.41) is 3.49. The zero-order valence-corrected chi connectivity index (χ0v) is 13.4. The first-order valence-electron chi connectivity index (χ1n) is 7.16. The lowest BCUT2D eigenvalue weighted by atomic mass is 9.69. The normalized spacial score (nSPS) is 20.2. The first kappa shape index (κ1) is 15.0. The molecule has 19 heavy (non-hydrogen) atoms. The molecule has 0 bridgehead atoms. The maximum absolute atomic E-state index is 13.3. The molecule has 0 radical (unpaired) electrons. The van der Waals surface area contributed by atoms with Crippen molar-refractivity contribution in [3.8, 4) is 0 Å². The van der Waals surface area contributed by atoms with Crippen molar-refractivity contribution in [3.05, 3.63) is 34.1 Å². The molecule has 1 aliphatic carbocycles. The first-order chi connectivity index (χ1) is 9.05. The van der Waals surface area contributed by atoms with Crippen molar-refractivity contribution in [2.45, 2.75) is 51.5 Å². The van der Waals surface area contributed by atoms with Gasteiger partial charge in [-0.15, -0.1) is 0 Å². The molecule has 106 valence electrons. The molecule has 1 saturated carbocycles. The van der Waals surface area contributed by atoms with E-state index in [1.807, 2.05) is 19.2 Å². The Morgan fingerprint density at radius 1 is 1.32 bits per heavy atom. The first-order valence-corrected chi connectivity index (χ1v) is 7.96. The number of hydrogen-bond acceptors (Lipinski definition) is 1. The highest BCUT2D eigenvalue weighted by molar-refractivity contribution is 9.10. The zero-order chi connectivity index (χ0) is 13.9. The van der Waals surface area contributed by atoms with Crippen LogP contribution in [0, 0.1) is 11.2 Å². The molecule has 1 aromatic carbocycles. The number of benzene rings is 1. The molecule has 1 fully saturated rings. The quantitative estimate of drug-likeness (QED) is 0.845. The molecule has 0 amide bonds. The van der Waals surface area contributed by atoms with E-state index in [4.69, 9.17) is 0 Å². The molecule has 0 saturated heterocycles. The van der Waals surface area contributed by atoms with Crippen LogP contribution in [0.2, 0.25) is 0 Å². The van der Waals surface area contributed by atoms with Crippen LogP contribution in [0.3, 0.4) is 0 Å². The van der Waals surface area contributed by atoms with Gasteiger partial charge in [-0.3, -0.25) is 0 Å². The van der Waals surface area contributed by atoms with Gasteiger partial charge in [0.15, 0.2) is 0 Å². The van der Waals surface area contributed by atoms with Gasteiger partial charge in [0.2, 0.25) is 0 Å². The van der Waals surface area contributed by atoms with Crippen LogP contribution in [0.5, 0.6) is 0 Å².